The largest absolute Gasteiger partial charge is 0.363 e. The van der Waals surface area contributed by atoms with Crippen LogP contribution in [0.4, 0.5) is 5.82 Å². The average Bonchev–Trinajstić information content (AvgIpc) is 2.23. The molecule has 1 aromatic heterocycles. The first kappa shape index (κ1) is 10.1. The van der Waals surface area contributed by atoms with E-state index in [1.54, 1.807) is 0 Å². The summed E-state index contributed by atoms with van der Waals surface area (Å²) in [6.07, 6.45) is 3.58. The van der Waals surface area contributed by atoms with Crippen LogP contribution in [0, 0.1) is 6.92 Å². The molecule has 1 aliphatic heterocycles. The number of nitrogens with one attached hydrogen (secondary N) is 1. The van der Waals surface area contributed by atoms with Crippen LogP contribution in [0.3, 0.4) is 0 Å². The van der Waals surface area contributed by atoms with Crippen molar-refractivity contribution < 1.29 is 0 Å². The lowest BCUT2D eigenvalue weighted by atomic mass is 10.0. The van der Waals surface area contributed by atoms with Crippen LogP contribution in [0.1, 0.15) is 31.9 Å². The molecular weight excluding hydrogens is 192 g/mol. The maximum Gasteiger partial charge on any atom is 0.363 e. The van der Waals surface area contributed by atoms with Crippen LogP contribution < -0.4 is 10.6 Å². The second-order valence-corrected chi connectivity index (χ2v) is 4.09. The van der Waals surface area contributed by atoms with Gasteiger partial charge < -0.3 is 4.90 Å². The Labute approximate surface area is 88.5 Å². The lowest BCUT2D eigenvalue weighted by Crippen LogP contribution is -2.39. The van der Waals surface area contributed by atoms with Crippen LogP contribution in [0.5, 0.6) is 0 Å². The van der Waals surface area contributed by atoms with E-state index in [1.165, 1.54) is 6.42 Å². The molecule has 15 heavy (non-hydrogen) atoms. The number of anilines is 1. The van der Waals surface area contributed by atoms with Crippen molar-refractivity contribution >= 4 is 5.82 Å². The Kier molecular flexibility index (Phi) is 2.70. The van der Waals surface area contributed by atoms with Crippen LogP contribution in [-0.2, 0) is 0 Å². The van der Waals surface area contributed by atoms with Gasteiger partial charge in [0, 0.05) is 12.6 Å². The second kappa shape index (κ2) is 4.00. The molecule has 0 spiro atoms. The summed E-state index contributed by atoms with van der Waals surface area (Å²) in [5.74, 6) is 0.742. The molecule has 1 fully saturated rings. The summed E-state index contributed by atoms with van der Waals surface area (Å²) in [6, 6.07) is 0.452. The van der Waals surface area contributed by atoms with Gasteiger partial charge in [-0.15, -0.1) is 0 Å². The number of nitrogens with zero attached hydrogens (tertiary/aromatic N) is 3. The molecule has 1 atom stereocenters. The third kappa shape index (κ3) is 2.00. The third-order valence-corrected chi connectivity index (χ3v) is 2.93. The van der Waals surface area contributed by atoms with E-state index in [9.17, 15) is 4.79 Å². The van der Waals surface area contributed by atoms with Gasteiger partial charge >= 0.3 is 5.69 Å². The highest BCUT2D eigenvalue weighted by atomic mass is 16.1. The lowest BCUT2D eigenvalue weighted by Gasteiger charge is -2.34. The van der Waals surface area contributed by atoms with Gasteiger partial charge in [0.2, 0.25) is 0 Å². The van der Waals surface area contributed by atoms with Crippen molar-refractivity contribution in [3.63, 3.8) is 0 Å². The second-order valence-electron chi connectivity index (χ2n) is 4.09. The number of hydrogen-bond donors (Lipinski definition) is 1. The lowest BCUT2D eigenvalue weighted by molar-refractivity contribution is 0.478. The zero-order valence-electron chi connectivity index (χ0n) is 9.16. The van der Waals surface area contributed by atoms with Crippen LogP contribution in [0.15, 0.2) is 4.79 Å². The molecule has 0 radical (unpaired) electrons. The van der Waals surface area contributed by atoms with Crippen LogP contribution >= 0.6 is 0 Å². The number of aryl methyl sites for hydroxylation is 1. The Balaban J connectivity index is 2.34. The maximum absolute atomic E-state index is 11.1. The maximum atomic E-state index is 11.1. The number of aromatic nitrogens is 3. The van der Waals surface area contributed by atoms with E-state index in [4.69, 9.17) is 0 Å². The van der Waals surface area contributed by atoms with Gasteiger partial charge in [0.1, 0.15) is 5.69 Å². The summed E-state index contributed by atoms with van der Waals surface area (Å²) < 4.78 is 0. The van der Waals surface area contributed by atoms with E-state index in [0.717, 1.165) is 30.9 Å². The topological polar surface area (TPSA) is 61.9 Å². The van der Waals surface area contributed by atoms with Gasteiger partial charge in [-0.25, -0.2) is 9.89 Å². The molecule has 1 aliphatic rings. The van der Waals surface area contributed by atoms with Gasteiger partial charge in [-0.05, 0) is 33.1 Å². The highest BCUT2D eigenvalue weighted by Gasteiger charge is 2.21. The SMILES string of the molecule is Cc1n[nH]c(=O)nc1N1CCCCC1C. The zero-order valence-corrected chi connectivity index (χ0v) is 9.16. The van der Waals surface area contributed by atoms with E-state index in [1.807, 2.05) is 6.92 Å². The third-order valence-electron chi connectivity index (χ3n) is 2.93. The molecule has 0 aromatic carbocycles. The molecule has 1 aromatic rings. The number of hydrogen-bond acceptors (Lipinski definition) is 4. The van der Waals surface area contributed by atoms with Crippen molar-refractivity contribution in [2.75, 3.05) is 11.4 Å². The first-order valence-corrected chi connectivity index (χ1v) is 5.38. The molecule has 0 bridgehead atoms. The minimum absolute atomic E-state index is 0.367. The van der Waals surface area contributed by atoms with Crippen molar-refractivity contribution in [1.82, 2.24) is 15.2 Å². The van der Waals surface area contributed by atoms with Crippen molar-refractivity contribution in [1.29, 1.82) is 0 Å². The summed E-state index contributed by atoms with van der Waals surface area (Å²) in [7, 11) is 0. The van der Waals surface area contributed by atoms with Gasteiger partial charge in [0.15, 0.2) is 5.82 Å². The molecule has 0 aliphatic carbocycles. The van der Waals surface area contributed by atoms with E-state index >= 15 is 0 Å². The van der Waals surface area contributed by atoms with Gasteiger partial charge in [-0.3, -0.25) is 0 Å². The first-order valence-electron chi connectivity index (χ1n) is 5.38. The fraction of sp³-hybridized carbons (Fsp3) is 0.700. The van der Waals surface area contributed by atoms with Crippen molar-refractivity contribution in [3.05, 3.63) is 16.2 Å². The molecule has 2 heterocycles. The fourth-order valence-corrected chi connectivity index (χ4v) is 2.07. The molecule has 5 nitrogen and oxygen atoms in total. The van der Waals surface area contributed by atoms with Crippen LogP contribution in [0.2, 0.25) is 0 Å². The van der Waals surface area contributed by atoms with Gasteiger partial charge in [-0.1, -0.05) is 0 Å². The summed E-state index contributed by atoms with van der Waals surface area (Å²) >= 11 is 0. The van der Waals surface area contributed by atoms with Gasteiger partial charge in [0.25, 0.3) is 0 Å². The first-order chi connectivity index (χ1) is 7.18. The summed E-state index contributed by atoms with van der Waals surface area (Å²) in [6.45, 7) is 5.02. The predicted octanol–water partition coefficient (Wildman–Crippen LogP) is 0.852. The molecule has 2 rings (SSSR count). The Morgan fingerprint density at radius 2 is 2.27 bits per heavy atom. The minimum atomic E-state index is -0.367. The average molecular weight is 208 g/mol. The number of aromatic amines is 1. The molecular formula is C10H16N4O. The molecule has 82 valence electrons. The zero-order chi connectivity index (χ0) is 10.8. The summed E-state index contributed by atoms with van der Waals surface area (Å²) in [4.78, 5) is 17.3. The Morgan fingerprint density at radius 1 is 1.47 bits per heavy atom. The van der Waals surface area contributed by atoms with Gasteiger partial charge in [-0.2, -0.15) is 10.1 Å². The monoisotopic (exact) mass is 208 g/mol. The quantitative estimate of drug-likeness (QED) is 0.743. The van der Waals surface area contributed by atoms with E-state index < -0.39 is 0 Å². The summed E-state index contributed by atoms with van der Waals surface area (Å²) in [5.41, 5.74) is 0.428. The molecule has 0 saturated carbocycles. The van der Waals surface area contributed by atoms with E-state index in [-0.39, 0.29) is 5.69 Å². The number of piperidine rings is 1. The smallest absolute Gasteiger partial charge is 0.352 e. The van der Waals surface area contributed by atoms with E-state index in [2.05, 4.69) is 27.0 Å². The Morgan fingerprint density at radius 3 is 3.00 bits per heavy atom. The molecule has 1 N–H and O–H groups in total. The molecule has 5 heteroatoms. The molecule has 0 amide bonds. The molecule has 1 unspecified atom stereocenters. The number of H-pyrrole nitrogens is 1. The van der Waals surface area contributed by atoms with Crippen LogP contribution in [-0.4, -0.2) is 27.8 Å². The predicted molar refractivity (Wildman–Crippen MR) is 58.0 cm³/mol. The minimum Gasteiger partial charge on any atom is -0.352 e. The molecule has 1 saturated heterocycles. The van der Waals surface area contributed by atoms with Crippen molar-refractivity contribution in [2.24, 2.45) is 0 Å². The Hall–Kier alpha value is -1.39. The highest BCUT2D eigenvalue weighted by Crippen LogP contribution is 2.23. The van der Waals surface area contributed by atoms with Crippen LogP contribution in [0.25, 0.3) is 0 Å². The standard InChI is InChI=1S/C10H16N4O/c1-7-5-3-4-6-14(7)9-8(2)12-13-10(15)11-9/h7H,3-6H2,1-2H3,(H,11,13,15). The highest BCUT2D eigenvalue weighted by molar-refractivity contribution is 5.42. The van der Waals surface area contributed by atoms with E-state index in [0.29, 0.717) is 6.04 Å². The number of rotatable bonds is 1. The normalized spacial score (nSPS) is 21.7. The summed E-state index contributed by atoms with van der Waals surface area (Å²) in [5, 5.41) is 6.30. The van der Waals surface area contributed by atoms with Crippen molar-refractivity contribution in [2.45, 2.75) is 39.2 Å². The fourth-order valence-electron chi connectivity index (χ4n) is 2.07. The van der Waals surface area contributed by atoms with Crippen molar-refractivity contribution in [3.8, 4) is 0 Å². The van der Waals surface area contributed by atoms with Gasteiger partial charge in [0.05, 0.1) is 0 Å². The Bertz CT molecular complexity index is 401.